The van der Waals surface area contributed by atoms with Crippen molar-refractivity contribution in [2.75, 3.05) is 6.54 Å². The summed E-state index contributed by atoms with van der Waals surface area (Å²) >= 11 is 0. The van der Waals surface area contributed by atoms with Gasteiger partial charge in [-0.2, -0.15) is 10.4 Å². The second kappa shape index (κ2) is 9.22. The summed E-state index contributed by atoms with van der Waals surface area (Å²) in [6.07, 6.45) is 6.36. The zero-order valence-corrected chi connectivity index (χ0v) is 16.6. The molecular formula is C21H28N4O2. The molecule has 2 aromatic rings. The predicted octanol–water partition coefficient (Wildman–Crippen LogP) is 4.43. The first-order chi connectivity index (χ1) is 12.8. The van der Waals surface area contributed by atoms with Crippen molar-refractivity contribution in [3.8, 4) is 17.2 Å². The molecule has 0 unspecified atom stereocenters. The van der Waals surface area contributed by atoms with Gasteiger partial charge in [-0.1, -0.05) is 6.07 Å². The molecule has 1 N–H and O–H groups in total. The lowest BCUT2D eigenvalue weighted by Crippen LogP contribution is -2.33. The van der Waals surface area contributed by atoms with Gasteiger partial charge in [0, 0.05) is 24.8 Å². The van der Waals surface area contributed by atoms with Crippen molar-refractivity contribution in [1.29, 1.82) is 5.26 Å². The van der Waals surface area contributed by atoms with Crippen LogP contribution in [-0.2, 0) is 11.3 Å². The molecule has 0 aliphatic heterocycles. The second-order valence-corrected chi connectivity index (χ2v) is 7.62. The van der Waals surface area contributed by atoms with Crippen LogP contribution in [0.3, 0.4) is 0 Å². The summed E-state index contributed by atoms with van der Waals surface area (Å²) in [5.41, 5.74) is 3.38. The van der Waals surface area contributed by atoms with E-state index in [1.165, 1.54) is 0 Å². The van der Waals surface area contributed by atoms with Gasteiger partial charge >= 0.3 is 6.09 Å². The van der Waals surface area contributed by atoms with Crippen LogP contribution in [0.5, 0.6) is 0 Å². The first kappa shape index (κ1) is 20.5. The first-order valence-corrected chi connectivity index (χ1v) is 9.29. The number of amides is 1. The molecule has 6 nitrogen and oxygen atoms in total. The van der Waals surface area contributed by atoms with Crippen molar-refractivity contribution in [3.63, 3.8) is 0 Å². The summed E-state index contributed by atoms with van der Waals surface area (Å²) in [5, 5.41) is 16.3. The monoisotopic (exact) mass is 368 g/mol. The number of hydrogen-bond donors (Lipinski definition) is 1. The van der Waals surface area contributed by atoms with Crippen LogP contribution in [0.2, 0.25) is 0 Å². The zero-order valence-electron chi connectivity index (χ0n) is 16.6. The van der Waals surface area contributed by atoms with E-state index >= 15 is 0 Å². The Kier molecular flexibility index (Phi) is 7.00. The number of carbonyl (C=O) groups excluding carboxylic acids is 1. The number of aromatic nitrogens is 2. The Balaban J connectivity index is 1.74. The highest BCUT2D eigenvalue weighted by Crippen LogP contribution is 2.24. The van der Waals surface area contributed by atoms with Gasteiger partial charge in [0.05, 0.1) is 17.8 Å². The molecule has 0 aliphatic rings. The van der Waals surface area contributed by atoms with Gasteiger partial charge in [0.25, 0.3) is 0 Å². The van der Waals surface area contributed by atoms with Crippen LogP contribution < -0.4 is 5.32 Å². The molecule has 0 radical (unpaired) electrons. The van der Waals surface area contributed by atoms with Crippen molar-refractivity contribution in [2.24, 2.45) is 0 Å². The highest BCUT2D eigenvalue weighted by atomic mass is 16.6. The molecule has 1 heterocycles. The van der Waals surface area contributed by atoms with E-state index in [2.05, 4.69) is 16.5 Å². The molecule has 0 aliphatic carbocycles. The van der Waals surface area contributed by atoms with E-state index in [0.717, 1.165) is 42.5 Å². The highest BCUT2D eigenvalue weighted by Gasteiger charge is 2.15. The van der Waals surface area contributed by atoms with Gasteiger partial charge in [-0.3, -0.25) is 4.68 Å². The van der Waals surface area contributed by atoms with Crippen molar-refractivity contribution in [1.82, 2.24) is 15.1 Å². The first-order valence-electron chi connectivity index (χ1n) is 9.29. The molecule has 0 bridgehead atoms. The molecule has 144 valence electrons. The van der Waals surface area contributed by atoms with E-state index in [1.807, 2.05) is 63.0 Å². The standard InChI is InChI=1S/C21H28N4O2/c1-16-8-9-17(13-22)12-19(16)18-14-24-25(15-18)11-7-5-6-10-23-20(26)27-21(2,3)4/h8-9,12,14-15H,5-7,10-11H2,1-4H3,(H,23,26). The third kappa shape index (κ3) is 6.78. The maximum atomic E-state index is 11.6. The Morgan fingerprint density at radius 3 is 2.78 bits per heavy atom. The van der Waals surface area contributed by atoms with Gasteiger partial charge in [0.2, 0.25) is 0 Å². The summed E-state index contributed by atoms with van der Waals surface area (Å²) in [7, 11) is 0. The van der Waals surface area contributed by atoms with E-state index in [-0.39, 0.29) is 6.09 Å². The van der Waals surface area contributed by atoms with E-state index in [0.29, 0.717) is 12.1 Å². The SMILES string of the molecule is Cc1ccc(C#N)cc1-c1cnn(CCCCCNC(=O)OC(C)(C)C)c1. The van der Waals surface area contributed by atoms with Crippen LogP contribution in [0.1, 0.15) is 51.2 Å². The molecule has 0 spiro atoms. The lowest BCUT2D eigenvalue weighted by molar-refractivity contribution is 0.0527. The highest BCUT2D eigenvalue weighted by molar-refractivity contribution is 5.68. The Bertz CT molecular complexity index is 812. The maximum absolute atomic E-state index is 11.6. The van der Waals surface area contributed by atoms with Gasteiger partial charge in [0.1, 0.15) is 5.60 Å². The third-order valence-electron chi connectivity index (χ3n) is 4.04. The topological polar surface area (TPSA) is 79.9 Å². The van der Waals surface area contributed by atoms with Gasteiger partial charge in [-0.05, 0) is 70.2 Å². The molecule has 0 fully saturated rings. The number of nitrogens with one attached hydrogen (secondary N) is 1. The van der Waals surface area contributed by atoms with Crippen molar-refractivity contribution in [2.45, 2.75) is 59.1 Å². The van der Waals surface area contributed by atoms with Crippen LogP contribution in [0.4, 0.5) is 4.79 Å². The Morgan fingerprint density at radius 2 is 2.07 bits per heavy atom. The smallest absolute Gasteiger partial charge is 0.407 e. The number of alkyl carbamates (subject to hydrolysis) is 1. The van der Waals surface area contributed by atoms with Crippen LogP contribution in [0, 0.1) is 18.3 Å². The third-order valence-corrected chi connectivity index (χ3v) is 4.04. The van der Waals surface area contributed by atoms with E-state index in [4.69, 9.17) is 10.00 Å². The van der Waals surface area contributed by atoms with E-state index in [1.54, 1.807) is 0 Å². The number of carbonyl (C=O) groups is 1. The second-order valence-electron chi connectivity index (χ2n) is 7.62. The van der Waals surface area contributed by atoms with Gasteiger partial charge in [-0.15, -0.1) is 0 Å². The lowest BCUT2D eigenvalue weighted by Gasteiger charge is -2.19. The quantitative estimate of drug-likeness (QED) is 0.733. The average molecular weight is 368 g/mol. The lowest BCUT2D eigenvalue weighted by atomic mass is 10.0. The molecule has 0 saturated heterocycles. The number of unbranched alkanes of at least 4 members (excludes halogenated alkanes) is 2. The van der Waals surface area contributed by atoms with Gasteiger partial charge < -0.3 is 10.1 Å². The van der Waals surface area contributed by atoms with Crippen LogP contribution in [0.15, 0.2) is 30.6 Å². The number of benzene rings is 1. The number of hydrogen-bond acceptors (Lipinski definition) is 4. The summed E-state index contributed by atoms with van der Waals surface area (Å²) in [6, 6.07) is 7.87. The number of nitriles is 1. The number of aryl methyl sites for hydroxylation is 2. The van der Waals surface area contributed by atoms with Gasteiger partial charge in [0.15, 0.2) is 0 Å². The van der Waals surface area contributed by atoms with Crippen molar-refractivity contribution in [3.05, 3.63) is 41.7 Å². The minimum absolute atomic E-state index is 0.366. The molecule has 6 heteroatoms. The molecule has 27 heavy (non-hydrogen) atoms. The fourth-order valence-electron chi connectivity index (χ4n) is 2.71. The maximum Gasteiger partial charge on any atom is 0.407 e. The van der Waals surface area contributed by atoms with Crippen LogP contribution in [0.25, 0.3) is 11.1 Å². The normalized spacial score (nSPS) is 11.1. The van der Waals surface area contributed by atoms with Crippen molar-refractivity contribution < 1.29 is 9.53 Å². The summed E-state index contributed by atoms with van der Waals surface area (Å²) in [5.74, 6) is 0. The fourth-order valence-corrected chi connectivity index (χ4v) is 2.71. The van der Waals surface area contributed by atoms with E-state index in [9.17, 15) is 4.79 Å². The largest absolute Gasteiger partial charge is 0.444 e. The summed E-state index contributed by atoms with van der Waals surface area (Å²) in [4.78, 5) is 11.6. The number of rotatable bonds is 7. The minimum atomic E-state index is -0.465. The molecule has 1 aromatic heterocycles. The molecular weight excluding hydrogens is 340 g/mol. The minimum Gasteiger partial charge on any atom is -0.444 e. The predicted molar refractivity (Wildman–Crippen MR) is 105 cm³/mol. The average Bonchev–Trinajstić information content (AvgIpc) is 3.05. The number of nitrogens with zero attached hydrogens (tertiary/aromatic N) is 3. The number of ether oxygens (including phenoxy) is 1. The molecule has 2 rings (SSSR count). The molecule has 0 saturated carbocycles. The zero-order chi connectivity index (χ0) is 19.9. The van der Waals surface area contributed by atoms with Crippen LogP contribution >= 0.6 is 0 Å². The molecule has 1 aromatic carbocycles. The van der Waals surface area contributed by atoms with Crippen molar-refractivity contribution >= 4 is 6.09 Å². The Hall–Kier alpha value is -2.81. The molecule has 0 atom stereocenters. The van der Waals surface area contributed by atoms with Gasteiger partial charge in [-0.25, -0.2) is 4.79 Å². The van der Waals surface area contributed by atoms with Crippen LogP contribution in [-0.4, -0.2) is 28.0 Å². The Morgan fingerprint density at radius 1 is 1.30 bits per heavy atom. The Labute approximate surface area is 161 Å². The summed E-state index contributed by atoms with van der Waals surface area (Å²) in [6.45, 7) is 9.02. The molecule has 1 amide bonds. The van der Waals surface area contributed by atoms with E-state index < -0.39 is 5.60 Å². The summed E-state index contributed by atoms with van der Waals surface area (Å²) < 4.78 is 7.13. The fraction of sp³-hybridized carbons (Fsp3) is 0.476.